The van der Waals surface area contributed by atoms with Crippen molar-refractivity contribution in [1.29, 1.82) is 0 Å². The molecule has 29 heavy (non-hydrogen) atoms. The minimum absolute atomic E-state index is 0.0663. The van der Waals surface area contributed by atoms with E-state index < -0.39 is 53.9 Å². The van der Waals surface area contributed by atoms with Gasteiger partial charge in [0.1, 0.15) is 18.5 Å². The predicted molar refractivity (Wildman–Crippen MR) is 107 cm³/mol. The summed E-state index contributed by atoms with van der Waals surface area (Å²) in [5.41, 5.74) is 4.00. The summed E-state index contributed by atoms with van der Waals surface area (Å²) in [5, 5.41) is 40.8. The van der Waals surface area contributed by atoms with Crippen LogP contribution in [0.2, 0.25) is 0 Å². The van der Waals surface area contributed by atoms with Crippen molar-refractivity contribution in [3.63, 3.8) is 0 Å². The van der Waals surface area contributed by atoms with Crippen LogP contribution in [0.15, 0.2) is 0 Å². The lowest BCUT2D eigenvalue weighted by molar-refractivity contribution is -0.183. The summed E-state index contributed by atoms with van der Waals surface area (Å²) in [6.07, 6.45) is -4.73. The summed E-state index contributed by atoms with van der Waals surface area (Å²) < 4.78 is 11.1. The summed E-state index contributed by atoms with van der Waals surface area (Å²) in [6.45, 7) is 8.02. The van der Waals surface area contributed by atoms with Gasteiger partial charge in [-0.05, 0) is 32.6 Å². The fourth-order valence-electron chi connectivity index (χ4n) is 3.25. The van der Waals surface area contributed by atoms with E-state index in [4.69, 9.17) is 15.2 Å². The molecule has 8 unspecified atom stereocenters. The monoisotopic (exact) mass is 421 g/mol. The normalized spacial score (nSPS) is 22.4. The van der Waals surface area contributed by atoms with Gasteiger partial charge in [-0.2, -0.15) is 0 Å². The van der Waals surface area contributed by atoms with Crippen molar-refractivity contribution in [2.75, 3.05) is 13.7 Å². The van der Waals surface area contributed by atoms with Crippen molar-refractivity contribution in [3.8, 4) is 0 Å². The first-order valence-electron chi connectivity index (χ1n) is 9.95. The van der Waals surface area contributed by atoms with Crippen molar-refractivity contribution >= 4 is 12.2 Å². The van der Waals surface area contributed by atoms with Crippen molar-refractivity contribution in [1.82, 2.24) is 0 Å². The number of nitrogens with two attached hydrogens (primary N) is 1. The number of rotatable bonds is 15. The van der Waals surface area contributed by atoms with Crippen LogP contribution in [0, 0.1) is 17.8 Å². The molecule has 0 heterocycles. The molecule has 0 aromatic carbocycles. The molecule has 0 radical (unpaired) electrons. The number of aldehydes is 1. The Bertz CT molecular complexity index is 503. The molecule has 9 nitrogen and oxygen atoms in total. The minimum Gasteiger partial charge on any atom is -0.391 e. The Hall–Kier alpha value is -1.10. The zero-order valence-electron chi connectivity index (χ0n) is 18.3. The summed E-state index contributed by atoms with van der Waals surface area (Å²) in [5.74, 6) is -2.17. The van der Waals surface area contributed by atoms with Gasteiger partial charge in [0.05, 0.1) is 23.9 Å². The van der Waals surface area contributed by atoms with Gasteiger partial charge in [-0.25, -0.2) is 0 Å². The number of aliphatic hydroxyl groups is 4. The molecule has 0 saturated carbocycles. The molecule has 0 aliphatic carbocycles. The molecule has 0 aromatic heterocycles. The van der Waals surface area contributed by atoms with Gasteiger partial charge >= 0.3 is 0 Å². The van der Waals surface area contributed by atoms with Gasteiger partial charge in [-0.1, -0.05) is 20.8 Å². The van der Waals surface area contributed by atoms with Crippen molar-refractivity contribution < 1.29 is 39.5 Å². The summed E-state index contributed by atoms with van der Waals surface area (Å²) >= 11 is 0. The first-order chi connectivity index (χ1) is 13.3. The number of hydrogen-bond donors (Lipinski definition) is 5. The molecule has 6 N–H and O–H groups in total. The van der Waals surface area contributed by atoms with Gasteiger partial charge in [0.25, 0.3) is 0 Å². The molecule has 0 aromatic rings. The maximum Gasteiger partial charge on any atom is 0.220 e. The van der Waals surface area contributed by atoms with E-state index in [9.17, 15) is 30.0 Å². The van der Waals surface area contributed by atoms with E-state index >= 15 is 0 Å². The number of carbonyl (C=O) groups is 2. The highest BCUT2D eigenvalue weighted by Gasteiger charge is 2.44. The Labute approximate surface area is 173 Å². The Morgan fingerprint density at radius 3 is 2.07 bits per heavy atom. The van der Waals surface area contributed by atoms with Gasteiger partial charge in [0, 0.05) is 25.6 Å². The van der Waals surface area contributed by atoms with Gasteiger partial charge < -0.3 is 40.4 Å². The molecule has 9 heteroatoms. The van der Waals surface area contributed by atoms with Crippen LogP contribution in [0.5, 0.6) is 0 Å². The maximum atomic E-state index is 11.4. The van der Waals surface area contributed by atoms with Crippen LogP contribution in [0.4, 0.5) is 0 Å². The number of ether oxygens (including phenoxy) is 2. The van der Waals surface area contributed by atoms with Crippen molar-refractivity contribution in [2.45, 2.75) is 83.6 Å². The van der Waals surface area contributed by atoms with Crippen LogP contribution in [0.3, 0.4) is 0 Å². The summed E-state index contributed by atoms with van der Waals surface area (Å²) in [7, 11) is 1.35. The molecule has 1 amide bonds. The van der Waals surface area contributed by atoms with Gasteiger partial charge in [-0.3, -0.25) is 4.79 Å². The Morgan fingerprint density at radius 2 is 1.66 bits per heavy atom. The highest BCUT2D eigenvalue weighted by molar-refractivity contribution is 5.76. The van der Waals surface area contributed by atoms with Crippen LogP contribution in [0.1, 0.15) is 47.5 Å². The summed E-state index contributed by atoms with van der Waals surface area (Å²) in [6, 6.07) is 0. The predicted octanol–water partition coefficient (Wildman–Crippen LogP) is -0.387. The van der Waals surface area contributed by atoms with Gasteiger partial charge in [0.2, 0.25) is 5.91 Å². The van der Waals surface area contributed by atoms with Crippen LogP contribution < -0.4 is 5.73 Å². The van der Waals surface area contributed by atoms with E-state index in [-0.39, 0.29) is 18.9 Å². The lowest BCUT2D eigenvalue weighted by Gasteiger charge is -2.40. The van der Waals surface area contributed by atoms with Crippen LogP contribution in [-0.2, 0) is 19.1 Å². The number of methoxy groups -OCH3 is 1. The zero-order chi connectivity index (χ0) is 22.9. The second kappa shape index (κ2) is 12.6. The molecule has 0 aliphatic rings. The highest BCUT2D eigenvalue weighted by Crippen LogP contribution is 2.29. The Morgan fingerprint density at radius 1 is 1.10 bits per heavy atom. The third kappa shape index (κ3) is 8.27. The second-order valence-electron chi connectivity index (χ2n) is 8.29. The van der Waals surface area contributed by atoms with Crippen LogP contribution in [0.25, 0.3) is 0 Å². The van der Waals surface area contributed by atoms with Crippen LogP contribution in [-0.4, -0.2) is 82.5 Å². The lowest BCUT2D eigenvalue weighted by Crippen LogP contribution is -2.55. The first kappa shape index (κ1) is 27.9. The van der Waals surface area contributed by atoms with E-state index in [1.807, 2.05) is 0 Å². The summed E-state index contributed by atoms with van der Waals surface area (Å²) in [4.78, 5) is 22.7. The van der Waals surface area contributed by atoms with E-state index in [1.54, 1.807) is 27.7 Å². The van der Waals surface area contributed by atoms with E-state index in [1.165, 1.54) is 14.0 Å². The van der Waals surface area contributed by atoms with Crippen molar-refractivity contribution in [3.05, 3.63) is 0 Å². The Balaban J connectivity index is 5.24. The maximum absolute atomic E-state index is 11.4. The zero-order valence-corrected chi connectivity index (χ0v) is 18.3. The number of hydrogen-bond acceptors (Lipinski definition) is 8. The molecule has 172 valence electrons. The SMILES string of the molecule is COC(C)(C[C@H](C)C(N)=O)C(O)C(O)C(OCCC(C)C(O)C(C)O)C(C)C=O. The number of aliphatic hydroxyl groups excluding tert-OH is 4. The minimum atomic E-state index is -1.47. The smallest absolute Gasteiger partial charge is 0.220 e. The third-order valence-electron chi connectivity index (χ3n) is 5.64. The highest BCUT2D eigenvalue weighted by atomic mass is 16.5. The van der Waals surface area contributed by atoms with E-state index in [0.29, 0.717) is 12.7 Å². The molecule has 0 rings (SSSR count). The quantitative estimate of drug-likeness (QED) is 0.224. The molecule has 0 aliphatic heterocycles. The van der Waals surface area contributed by atoms with Gasteiger partial charge in [0.15, 0.2) is 0 Å². The number of primary amides is 1. The molecule has 9 atom stereocenters. The van der Waals surface area contributed by atoms with Crippen molar-refractivity contribution in [2.24, 2.45) is 23.5 Å². The standard InChI is InChI=1S/C20H39NO8/c1-11(15(24)14(4)23)7-8-29-17(13(3)10-22)16(25)18(26)20(5,28-6)9-12(2)19(21)27/h10-18,23-26H,7-9H2,1-6H3,(H2,21,27)/t11?,12-,13?,14?,15?,16?,17?,18?,20?/m0/s1. The fraction of sp³-hybridized carbons (Fsp3) is 0.900. The average molecular weight is 422 g/mol. The van der Waals surface area contributed by atoms with E-state index in [0.717, 1.165) is 0 Å². The molecular formula is C20H39NO8. The van der Waals surface area contributed by atoms with E-state index in [2.05, 4.69) is 0 Å². The molecule has 0 bridgehead atoms. The molecule has 0 spiro atoms. The number of amides is 1. The Kier molecular flexibility index (Phi) is 12.1. The lowest BCUT2D eigenvalue weighted by atomic mass is 9.82. The largest absolute Gasteiger partial charge is 0.391 e. The molecule has 0 saturated heterocycles. The third-order valence-corrected chi connectivity index (χ3v) is 5.64. The fourth-order valence-corrected chi connectivity index (χ4v) is 3.25. The number of carbonyl (C=O) groups excluding carboxylic acids is 2. The average Bonchev–Trinajstić information content (AvgIpc) is 2.68. The molecular weight excluding hydrogens is 382 g/mol. The second-order valence-corrected chi connectivity index (χ2v) is 8.29. The molecule has 0 fully saturated rings. The van der Waals surface area contributed by atoms with Gasteiger partial charge in [-0.15, -0.1) is 0 Å². The first-order valence-corrected chi connectivity index (χ1v) is 9.95. The topological polar surface area (TPSA) is 160 Å². The van der Waals surface area contributed by atoms with Crippen LogP contribution >= 0.6 is 0 Å².